The number of aromatic nitrogens is 4. The monoisotopic (exact) mass is 426 g/mol. The van der Waals surface area contributed by atoms with Gasteiger partial charge in [-0.3, -0.25) is 14.8 Å². The van der Waals surface area contributed by atoms with Crippen LogP contribution >= 0.6 is 0 Å². The first-order chi connectivity index (χ1) is 16.3. The molecule has 2 aromatic carbocycles. The summed E-state index contributed by atoms with van der Waals surface area (Å²) in [6, 6.07) is 25.8. The molecule has 5 nitrogen and oxygen atoms in total. The van der Waals surface area contributed by atoms with E-state index in [1.165, 1.54) is 0 Å². The molecule has 0 saturated carbocycles. The van der Waals surface area contributed by atoms with Gasteiger partial charge in [-0.1, -0.05) is 48.5 Å². The van der Waals surface area contributed by atoms with Crippen molar-refractivity contribution in [2.45, 2.75) is 0 Å². The number of hydrogen-bond acceptors (Lipinski definition) is 4. The molecule has 0 bridgehead atoms. The van der Waals surface area contributed by atoms with Crippen LogP contribution in [-0.4, -0.2) is 19.9 Å². The van der Waals surface area contributed by atoms with Crippen molar-refractivity contribution in [2.75, 3.05) is 0 Å². The maximum absolute atomic E-state index is 13.5. The predicted octanol–water partition coefficient (Wildman–Crippen LogP) is 5.87. The van der Waals surface area contributed by atoms with E-state index in [0.29, 0.717) is 16.6 Å². The second kappa shape index (κ2) is 7.80. The largest absolute Gasteiger partial charge is 0.345 e. The molecule has 4 aromatic heterocycles. The van der Waals surface area contributed by atoms with Gasteiger partial charge in [0.1, 0.15) is 5.65 Å². The summed E-state index contributed by atoms with van der Waals surface area (Å²) in [4.78, 5) is 30.2. The van der Waals surface area contributed by atoms with Crippen molar-refractivity contribution in [1.82, 2.24) is 19.9 Å². The van der Waals surface area contributed by atoms with Crippen LogP contribution in [0.5, 0.6) is 0 Å². The van der Waals surface area contributed by atoms with Gasteiger partial charge < -0.3 is 4.98 Å². The Balaban J connectivity index is 1.65. The average Bonchev–Trinajstić information content (AvgIpc) is 2.89. The molecule has 156 valence electrons. The summed E-state index contributed by atoms with van der Waals surface area (Å²) in [5.74, 6) is 0. The summed E-state index contributed by atoms with van der Waals surface area (Å²) >= 11 is 0. The van der Waals surface area contributed by atoms with Crippen molar-refractivity contribution in [1.29, 1.82) is 0 Å². The number of rotatable bonds is 3. The lowest BCUT2D eigenvalue weighted by Gasteiger charge is -2.13. The second-order valence-electron chi connectivity index (χ2n) is 7.83. The van der Waals surface area contributed by atoms with Gasteiger partial charge in [0.15, 0.2) is 5.43 Å². The maximum atomic E-state index is 13.5. The van der Waals surface area contributed by atoms with E-state index in [1.807, 2.05) is 72.8 Å². The SMILES string of the molecule is O=c1c(-c2cccnc2)c[nH]c2nc(-c3ccccc3)c(-c3ccc4ncccc4c3)cc12. The number of nitrogens with one attached hydrogen (secondary N) is 1. The first-order valence-corrected chi connectivity index (χ1v) is 10.7. The molecule has 0 amide bonds. The van der Waals surface area contributed by atoms with E-state index in [9.17, 15) is 4.79 Å². The zero-order valence-corrected chi connectivity index (χ0v) is 17.6. The normalized spacial score (nSPS) is 11.2. The van der Waals surface area contributed by atoms with Crippen LogP contribution in [0, 0.1) is 0 Å². The van der Waals surface area contributed by atoms with Crippen LogP contribution in [-0.2, 0) is 0 Å². The highest BCUT2D eigenvalue weighted by molar-refractivity contribution is 5.94. The van der Waals surface area contributed by atoms with Crippen LogP contribution in [0.25, 0.3) is 55.4 Å². The minimum absolute atomic E-state index is 0.0763. The fraction of sp³-hybridized carbons (Fsp3) is 0. The Morgan fingerprint density at radius 3 is 2.42 bits per heavy atom. The molecular formula is C28H18N4O. The first kappa shape index (κ1) is 19.1. The molecule has 0 atom stereocenters. The third-order valence-electron chi connectivity index (χ3n) is 5.80. The third-order valence-corrected chi connectivity index (χ3v) is 5.80. The van der Waals surface area contributed by atoms with Gasteiger partial charge in [-0.15, -0.1) is 0 Å². The van der Waals surface area contributed by atoms with Gasteiger partial charge in [-0.25, -0.2) is 4.98 Å². The average molecular weight is 426 g/mol. The molecule has 5 heteroatoms. The maximum Gasteiger partial charge on any atom is 0.198 e. The fourth-order valence-electron chi connectivity index (χ4n) is 4.16. The number of fused-ring (bicyclic) bond motifs is 2. The van der Waals surface area contributed by atoms with Gasteiger partial charge in [-0.05, 0) is 35.9 Å². The molecule has 6 rings (SSSR count). The molecule has 0 saturated heterocycles. The zero-order valence-electron chi connectivity index (χ0n) is 17.6. The molecule has 0 fully saturated rings. The van der Waals surface area contributed by atoms with E-state index >= 15 is 0 Å². The molecule has 0 unspecified atom stereocenters. The summed E-state index contributed by atoms with van der Waals surface area (Å²) < 4.78 is 0. The summed E-state index contributed by atoms with van der Waals surface area (Å²) in [5.41, 5.74) is 6.42. The smallest absolute Gasteiger partial charge is 0.198 e. The summed E-state index contributed by atoms with van der Waals surface area (Å²) in [7, 11) is 0. The van der Waals surface area contributed by atoms with Gasteiger partial charge in [-0.2, -0.15) is 0 Å². The van der Waals surface area contributed by atoms with E-state index in [0.717, 1.165) is 38.9 Å². The lowest BCUT2D eigenvalue weighted by molar-refractivity contribution is 1.27. The van der Waals surface area contributed by atoms with Crippen molar-refractivity contribution < 1.29 is 0 Å². The van der Waals surface area contributed by atoms with Crippen LogP contribution < -0.4 is 5.43 Å². The molecule has 4 heterocycles. The molecule has 6 aromatic rings. The van der Waals surface area contributed by atoms with Gasteiger partial charge in [0, 0.05) is 52.4 Å². The quantitative estimate of drug-likeness (QED) is 0.384. The molecule has 0 spiro atoms. The number of pyridine rings is 4. The minimum Gasteiger partial charge on any atom is -0.345 e. The van der Waals surface area contributed by atoms with Crippen LogP contribution in [0.4, 0.5) is 0 Å². The molecule has 0 aliphatic heterocycles. The Hall–Kier alpha value is -4.64. The van der Waals surface area contributed by atoms with Gasteiger partial charge in [0.2, 0.25) is 0 Å². The van der Waals surface area contributed by atoms with Crippen molar-refractivity contribution in [3.8, 4) is 33.5 Å². The number of H-pyrrole nitrogens is 1. The number of benzene rings is 2. The Bertz CT molecular complexity index is 1680. The molecule has 33 heavy (non-hydrogen) atoms. The third kappa shape index (κ3) is 3.36. The van der Waals surface area contributed by atoms with Crippen LogP contribution in [0.2, 0.25) is 0 Å². The zero-order chi connectivity index (χ0) is 22.2. The molecule has 1 N–H and O–H groups in total. The summed E-state index contributed by atoms with van der Waals surface area (Å²) in [6.45, 7) is 0. The first-order valence-electron chi connectivity index (χ1n) is 10.7. The topological polar surface area (TPSA) is 71.5 Å². The van der Waals surface area contributed by atoms with Crippen LogP contribution in [0.3, 0.4) is 0 Å². The highest BCUT2D eigenvalue weighted by Gasteiger charge is 2.16. The Morgan fingerprint density at radius 1 is 0.727 bits per heavy atom. The van der Waals surface area contributed by atoms with Crippen molar-refractivity contribution >= 4 is 21.9 Å². The Kier molecular flexibility index (Phi) is 4.51. The number of nitrogens with zero attached hydrogens (tertiary/aromatic N) is 3. The second-order valence-corrected chi connectivity index (χ2v) is 7.83. The van der Waals surface area contributed by atoms with E-state index in [-0.39, 0.29) is 5.43 Å². The van der Waals surface area contributed by atoms with Crippen LogP contribution in [0.15, 0.2) is 108 Å². The number of aromatic amines is 1. The van der Waals surface area contributed by atoms with Crippen molar-refractivity contribution in [3.05, 3.63) is 114 Å². The minimum atomic E-state index is -0.0763. The lowest BCUT2D eigenvalue weighted by Crippen LogP contribution is -2.08. The molecule has 0 aliphatic carbocycles. The van der Waals surface area contributed by atoms with E-state index in [2.05, 4.69) is 21.0 Å². The molecule has 0 radical (unpaired) electrons. The fourth-order valence-corrected chi connectivity index (χ4v) is 4.16. The van der Waals surface area contributed by atoms with Gasteiger partial charge >= 0.3 is 0 Å². The lowest BCUT2D eigenvalue weighted by atomic mass is 9.96. The standard InChI is InChI=1S/C28H18N4O/c33-27-23-15-22(19-10-11-25-20(14-19)8-5-13-30-25)26(18-6-2-1-3-7-18)32-28(23)31-17-24(27)21-9-4-12-29-16-21/h1-17H,(H,31,32,33). The Morgan fingerprint density at radius 2 is 1.58 bits per heavy atom. The van der Waals surface area contributed by atoms with Crippen molar-refractivity contribution in [2.24, 2.45) is 0 Å². The summed E-state index contributed by atoms with van der Waals surface area (Å²) in [6.07, 6.45) is 6.89. The highest BCUT2D eigenvalue weighted by Crippen LogP contribution is 2.34. The van der Waals surface area contributed by atoms with E-state index in [1.54, 1.807) is 24.8 Å². The van der Waals surface area contributed by atoms with E-state index in [4.69, 9.17) is 4.98 Å². The van der Waals surface area contributed by atoms with Gasteiger partial charge in [0.25, 0.3) is 0 Å². The molecule has 0 aliphatic rings. The van der Waals surface area contributed by atoms with Crippen molar-refractivity contribution in [3.63, 3.8) is 0 Å². The highest BCUT2D eigenvalue weighted by atomic mass is 16.1. The van der Waals surface area contributed by atoms with E-state index < -0.39 is 0 Å². The Labute approximate surface area is 189 Å². The van der Waals surface area contributed by atoms with Crippen LogP contribution in [0.1, 0.15) is 0 Å². The predicted molar refractivity (Wildman–Crippen MR) is 132 cm³/mol. The molecular weight excluding hydrogens is 408 g/mol. The number of hydrogen-bond donors (Lipinski definition) is 1. The van der Waals surface area contributed by atoms with Gasteiger partial charge in [0.05, 0.1) is 16.6 Å². The summed E-state index contributed by atoms with van der Waals surface area (Å²) in [5, 5.41) is 1.57.